The number of rotatable bonds is 1. The molecule has 15 heavy (non-hydrogen) atoms. The molecule has 1 fully saturated rings. The smallest absolute Gasteiger partial charge is 0.150 e. The van der Waals surface area contributed by atoms with Crippen LogP contribution in [0.5, 0.6) is 0 Å². The molecular formula is C11H18N4. The molecule has 1 saturated carbocycles. The monoisotopic (exact) mass is 206 g/mol. The Balaban J connectivity index is 2.12. The van der Waals surface area contributed by atoms with Gasteiger partial charge in [0.1, 0.15) is 5.82 Å². The van der Waals surface area contributed by atoms with E-state index in [0.29, 0.717) is 11.9 Å². The molecule has 0 radical (unpaired) electrons. The molecule has 0 spiro atoms. The Hall–Kier alpha value is -1.03. The third-order valence-electron chi connectivity index (χ3n) is 3.87. The van der Waals surface area contributed by atoms with E-state index in [0.717, 1.165) is 6.04 Å². The highest BCUT2D eigenvalue weighted by Gasteiger charge is 2.50. The molecule has 1 aromatic heterocycles. The van der Waals surface area contributed by atoms with Gasteiger partial charge in [0.05, 0.1) is 11.2 Å². The van der Waals surface area contributed by atoms with Gasteiger partial charge in [0, 0.05) is 17.6 Å². The predicted octanol–water partition coefficient (Wildman–Crippen LogP) is 1.77. The van der Waals surface area contributed by atoms with Crippen LogP contribution < -0.4 is 5.73 Å². The lowest BCUT2D eigenvalue weighted by Gasteiger charge is -2.35. The van der Waals surface area contributed by atoms with Gasteiger partial charge in [-0.15, -0.1) is 0 Å². The van der Waals surface area contributed by atoms with E-state index in [9.17, 15) is 0 Å². The van der Waals surface area contributed by atoms with Crippen molar-refractivity contribution in [2.75, 3.05) is 5.73 Å². The number of H-pyrrole nitrogens is 1. The summed E-state index contributed by atoms with van der Waals surface area (Å²) in [6, 6.07) is 1.15. The minimum atomic E-state index is 0.0561. The third kappa shape index (κ3) is 1.03. The molecule has 3 N–H and O–H groups in total. The number of hydrogen-bond donors (Lipinski definition) is 2. The van der Waals surface area contributed by atoms with Crippen molar-refractivity contribution in [2.24, 2.45) is 0 Å². The molecule has 1 unspecified atom stereocenters. The molecule has 2 heterocycles. The number of nitrogens with one attached hydrogen (secondary N) is 1. The van der Waals surface area contributed by atoms with Crippen molar-refractivity contribution >= 4 is 5.82 Å². The third-order valence-corrected chi connectivity index (χ3v) is 3.87. The highest BCUT2D eigenvalue weighted by atomic mass is 15.3. The summed E-state index contributed by atoms with van der Waals surface area (Å²) < 4.78 is 0. The number of anilines is 1. The summed E-state index contributed by atoms with van der Waals surface area (Å²) in [7, 11) is 0. The van der Waals surface area contributed by atoms with E-state index in [-0.39, 0.29) is 5.54 Å². The maximum Gasteiger partial charge on any atom is 0.150 e. The number of hydrogen-bond acceptors (Lipinski definition) is 3. The average molecular weight is 206 g/mol. The topological polar surface area (TPSA) is 57.9 Å². The van der Waals surface area contributed by atoms with Crippen LogP contribution in [0, 0.1) is 0 Å². The first-order valence-electron chi connectivity index (χ1n) is 5.66. The first-order valence-corrected chi connectivity index (χ1v) is 5.66. The molecule has 1 aliphatic heterocycles. The second-order valence-corrected chi connectivity index (χ2v) is 5.27. The van der Waals surface area contributed by atoms with Gasteiger partial charge in [0.2, 0.25) is 0 Å². The first-order chi connectivity index (χ1) is 7.03. The van der Waals surface area contributed by atoms with Crippen molar-refractivity contribution in [3.63, 3.8) is 0 Å². The quantitative estimate of drug-likeness (QED) is 0.736. The molecule has 82 valence electrons. The summed E-state index contributed by atoms with van der Waals surface area (Å²) in [4.78, 5) is 2.58. The van der Waals surface area contributed by atoms with E-state index in [4.69, 9.17) is 5.73 Å². The Bertz CT molecular complexity index is 403. The summed E-state index contributed by atoms with van der Waals surface area (Å²) in [6.07, 6.45) is 2.65. The van der Waals surface area contributed by atoms with Crippen molar-refractivity contribution in [1.29, 1.82) is 0 Å². The van der Waals surface area contributed by atoms with Gasteiger partial charge in [-0.25, -0.2) is 0 Å². The van der Waals surface area contributed by atoms with Crippen LogP contribution >= 0.6 is 0 Å². The zero-order chi connectivity index (χ0) is 10.8. The molecule has 4 nitrogen and oxygen atoms in total. The second kappa shape index (κ2) is 2.55. The number of nitrogens with zero attached hydrogens (tertiary/aromatic N) is 2. The van der Waals surface area contributed by atoms with Crippen LogP contribution in [0.3, 0.4) is 0 Å². The highest BCUT2D eigenvalue weighted by molar-refractivity contribution is 5.50. The fraction of sp³-hybridized carbons (Fsp3) is 0.727. The molecule has 1 aromatic rings. The number of aromatic nitrogens is 2. The molecule has 0 amide bonds. The average Bonchev–Trinajstić information content (AvgIpc) is 2.83. The van der Waals surface area contributed by atoms with E-state index in [1.54, 1.807) is 0 Å². The Morgan fingerprint density at radius 1 is 1.47 bits per heavy atom. The van der Waals surface area contributed by atoms with Gasteiger partial charge in [0.15, 0.2) is 0 Å². The van der Waals surface area contributed by atoms with Crippen LogP contribution in [-0.2, 0) is 5.54 Å². The molecule has 0 saturated heterocycles. The van der Waals surface area contributed by atoms with E-state index in [1.807, 2.05) is 0 Å². The van der Waals surface area contributed by atoms with Crippen LogP contribution in [0.2, 0.25) is 0 Å². The minimum absolute atomic E-state index is 0.0561. The van der Waals surface area contributed by atoms with Crippen LogP contribution in [0.25, 0.3) is 0 Å². The minimum Gasteiger partial charge on any atom is -0.382 e. The Kier molecular flexibility index (Phi) is 1.57. The van der Waals surface area contributed by atoms with Gasteiger partial charge in [-0.3, -0.25) is 10.00 Å². The standard InChI is InChI=1S/C11H18N4/c1-6-8-9(13-14-10(8)12)11(2,3)15(6)7-4-5-7/h6-7H,4-5H2,1-3H3,(H3,12,13,14). The number of aromatic amines is 1. The highest BCUT2D eigenvalue weighted by Crippen LogP contribution is 2.51. The van der Waals surface area contributed by atoms with Gasteiger partial charge in [-0.1, -0.05) is 0 Å². The second-order valence-electron chi connectivity index (χ2n) is 5.27. The summed E-state index contributed by atoms with van der Waals surface area (Å²) in [5.74, 6) is 0.675. The zero-order valence-corrected chi connectivity index (χ0v) is 9.54. The number of nitrogens with two attached hydrogens (primary N) is 1. The van der Waals surface area contributed by atoms with Crippen LogP contribution in [0.1, 0.15) is 50.9 Å². The lowest BCUT2D eigenvalue weighted by atomic mass is 10.0. The van der Waals surface area contributed by atoms with Crippen molar-refractivity contribution < 1.29 is 0 Å². The fourth-order valence-electron chi connectivity index (χ4n) is 3.13. The molecule has 0 aromatic carbocycles. The maximum atomic E-state index is 5.92. The Morgan fingerprint density at radius 2 is 2.13 bits per heavy atom. The molecule has 2 aliphatic rings. The molecule has 3 rings (SSSR count). The normalized spacial score (nSPS) is 29.4. The van der Waals surface area contributed by atoms with Crippen molar-refractivity contribution in [2.45, 2.75) is 51.2 Å². The van der Waals surface area contributed by atoms with Crippen molar-refractivity contribution in [3.8, 4) is 0 Å². The van der Waals surface area contributed by atoms with Crippen LogP contribution in [0.15, 0.2) is 0 Å². The maximum absolute atomic E-state index is 5.92. The first kappa shape index (κ1) is 9.21. The Labute approximate surface area is 89.8 Å². The molecular weight excluding hydrogens is 188 g/mol. The lowest BCUT2D eigenvalue weighted by Crippen LogP contribution is -2.39. The summed E-state index contributed by atoms with van der Waals surface area (Å²) in [5.41, 5.74) is 8.40. The molecule has 1 atom stereocenters. The van der Waals surface area contributed by atoms with E-state index < -0.39 is 0 Å². The van der Waals surface area contributed by atoms with E-state index in [2.05, 4.69) is 35.9 Å². The summed E-state index contributed by atoms with van der Waals surface area (Å²) in [6.45, 7) is 6.74. The zero-order valence-electron chi connectivity index (χ0n) is 9.54. The lowest BCUT2D eigenvalue weighted by molar-refractivity contribution is 0.0892. The number of fused-ring (bicyclic) bond motifs is 1. The Morgan fingerprint density at radius 3 is 2.67 bits per heavy atom. The van der Waals surface area contributed by atoms with Crippen molar-refractivity contribution in [3.05, 3.63) is 11.3 Å². The van der Waals surface area contributed by atoms with Crippen LogP contribution in [0.4, 0.5) is 5.82 Å². The summed E-state index contributed by atoms with van der Waals surface area (Å²) in [5, 5.41) is 7.23. The van der Waals surface area contributed by atoms with Gasteiger partial charge in [0.25, 0.3) is 0 Å². The van der Waals surface area contributed by atoms with Gasteiger partial charge >= 0.3 is 0 Å². The predicted molar refractivity (Wildman–Crippen MR) is 59.3 cm³/mol. The number of nitrogen functional groups attached to an aromatic ring is 1. The van der Waals surface area contributed by atoms with Gasteiger partial charge in [-0.05, 0) is 33.6 Å². The van der Waals surface area contributed by atoms with E-state index >= 15 is 0 Å². The van der Waals surface area contributed by atoms with Gasteiger partial charge < -0.3 is 5.73 Å². The van der Waals surface area contributed by atoms with Crippen molar-refractivity contribution in [1.82, 2.24) is 15.1 Å². The molecule has 0 bridgehead atoms. The SMILES string of the molecule is CC1c2c(N)n[nH]c2C(C)(C)N1C1CC1. The molecule has 1 aliphatic carbocycles. The summed E-state index contributed by atoms with van der Waals surface area (Å²) >= 11 is 0. The largest absolute Gasteiger partial charge is 0.382 e. The van der Waals surface area contributed by atoms with Crippen LogP contribution in [-0.4, -0.2) is 21.1 Å². The van der Waals surface area contributed by atoms with Gasteiger partial charge in [-0.2, -0.15) is 5.10 Å². The fourth-order valence-corrected chi connectivity index (χ4v) is 3.13. The molecule has 4 heteroatoms. The van der Waals surface area contributed by atoms with E-state index in [1.165, 1.54) is 24.1 Å².